The predicted molar refractivity (Wildman–Crippen MR) is 112 cm³/mol. The van der Waals surface area contributed by atoms with E-state index in [9.17, 15) is 14.0 Å². The van der Waals surface area contributed by atoms with E-state index in [1.807, 2.05) is 30.3 Å². The highest BCUT2D eigenvalue weighted by molar-refractivity contribution is 5.87. The molecule has 0 bridgehead atoms. The Hall–Kier alpha value is -3.41. The maximum absolute atomic E-state index is 13.3. The molecule has 0 saturated carbocycles. The van der Waals surface area contributed by atoms with Crippen LogP contribution in [-0.4, -0.2) is 22.8 Å². The van der Waals surface area contributed by atoms with Crippen molar-refractivity contribution in [2.75, 3.05) is 0 Å². The third-order valence-electron chi connectivity index (χ3n) is 4.86. The number of benzene rings is 2. The van der Waals surface area contributed by atoms with Crippen molar-refractivity contribution < 1.29 is 18.4 Å². The van der Waals surface area contributed by atoms with Crippen LogP contribution in [0.5, 0.6) is 0 Å². The quantitative estimate of drug-likeness (QED) is 0.580. The average Bonchev–Trinajstić information content (AvgIpc) is 3.29. The van der Waals surface area contributed by atoms with E-state index in [1.54, 1.807) is 42.4 Å². The number of hydrogen-bond donors (Lipinski definition) is 1. The molecule has 0 radical (unpaired) electrons. The topological polar surface area (TPSA) is 62.6 Å². The van der Waals surface area contributed by atoms with Gasteiger partial charge >= 0.3 is 0 Å². The highest BCUT2D eigenvalue weighted by Crippen LogP contribution is 2.16. The minimum atomic E-state index is -0.708. The van der Waals surface area contributed by atoms with E-state index in [-0.39, 0.29) is 37.1 Å². The van der Waals surface area contributed by atoms with Gasteiger partial charge in [0.2, 0.25) is 11.8 Å². The minimum absolute atomic E-state index is 0.145. The molecular formula is C24H25FN2O3. The van der Waals surface area contributed by atoms with Gasteiger partial charge in [-0.3, -0.25) is 9.59 Å². The van der Waals surface area contributed by atoms with E-state index in [2.05, 4.69) is 5.32 Å². The van der Waals surface area contributed by atoms with Crippen molar-refractivity contribution in [2.45, 2.75) is 38.9 Å². The number of furan rings is 1. The number of carbonyl (C=O) groups excluding carboxylic acids is 2. The van der Waals surface area contributed by atoms with Crippen molar-refractivity contribution in [3.8, 4) is 0 Å². The second-order valence-electron chi connectivity index (χ2n) is 7.00. The van der Waals surface area contributed by atoms with Gasteiger partial charge in [-0.1, -0.05) is 49.4 Å². The van der Waals surface area contributed by atoms with Crippen molar-refractivity contribution in [3.05, 3.63) is 95.7 Å². The molecule has 0 aliphatic heterocycles. The second-order valence-corrected chi connectivity index (χ2v) is 7.00. The molecule has 0 aliphatic rings. The second kappa shape index (κ2) is 10.4. The van der Waals surface area contributed by atoms with E-state index in [1.165, 1.54) is 12.1 Å². The molecule has 1 aromatic heterocycles. The average molecular weight is 408 g/mol. The summed E-state index contributed by atoms with van der Waals surface area (Å²) in [5.74, 6) is -0.120. The zero-order valence-electron chi connectivity index (χ0n) is 16.9. The van der Waals surface area contributed by atoms with Gasteiger partial charge in [-0.05, 0) is 35.4 Å². The van der Waals surface area contributed by atoms with Crippen molar-refractivity contribution in [1.29, 1.82) is 0 Å². The largest absolute Gasteiger partial charge is 0.467 e. The Balaban J connectivity index is 1.85. The fourth-order valence-electron chi connectivity index (χ4n) is 3.25. The number of amides is 2. The van der Waals surface area contributed by atoms with Crippen LogP contribution in [0.3, 0.4) is 0 Å². The van der Waals surface area contributed by atoms with Crippen LogP contribution in [0.1, 0.15) is 30.2 Å². The first-order valence-electron chi connectivity index (χ1n) is 9.94. The van der Waals surface area contributed by atoms with E-state index >= 15 is 0 Å². The lowest BCUT2D eigenvalue weighted by Gasteiger charge is -2.31. The molecule has 1 heterocycles. The van der Waals surface area contributed by atoms with Crippen LogP contribution < -0.4 is 5.32 Å². The summed E-state index contributed by atoms with van der Waals surface area (Å²) >= 11 is 0. The lowest BCUT2D eigenvalue weighted by molar-refractivity contribution is -0.141. The number of rotatable bonds is 9. The van der Waals surface area contributed by atoms with Crippen LogP contribution in [0.15, 0.2) is 77.4 Å². The van der Waals surface area contributed by atoms with E-state index < -0.39 is 6.04 Å². The SMILES string of the molecule is CCC(=O)N(Cc1ccc(F)cc1)[C@@H](Cc1ccccc1)C(=O)NCc1ccco1. The Bertz CT molecular complexity index is 940. The van der Waals surface area contributed by atoms with Gasteiger partial charge in [0.1, 0.15) is 17.6 Å². The van der Waals surface area contributed by atoms with Crippen LogP contribution >= 0.6 is 0 Å². The van der Waals surface area contributed by atoms with Crippen molar-refractivity contribution in [3.63, 3.8) is 0 Å². The van der Waals surface area contributed by atoms with Crippen molar-refractivity contribution in [1.82, 2.24) is 10.2 Å². The highest BCUT2D eigenvalue weighted by Gasteiger charge is 2.29. The summed E-state index contributed by atoms with van der Waals surface area (Å²) in [6, 6.07) is 18.4. The summed E-state index contributed by atoms with van der Waals surface area (Å²) in [5.41, 5.74) is 1.71. The van der Waals surface area contributed by atoms with Gasteiger partial charge < -0.3 is 14.6 Å². The summed E-state index contributed by atoms with van der Waals surface area (Å²) in [4.78, 5) is 27.5. The van der Waals surface area contributed by atoms with Crippen molar-refractivity contribution in [2.24, 2.45) is 0 Å². The highest BCUT2D eigenvalue weighted by atomic mass is 19.1. The molecule has 0 spiro atoms. The summed E-state index contributed by atoms with van der Waals surface area (Å²) in [7, 11) is 0. The van der Waals surface area contributed by atoms with E-state index in [4.69, 9.17) is 4.42 Å². The van der Waals surface area contributed by atoms with Gasteiger partial charge in [-0.15, -0.1) is 0 Å². The maximum Gasteiger partial charge on any atom is 0.243 e. The van der Waals surface area contributed by atoms with Crippen LogP contribution in [0.2, 0.25) is 0 Å². The Morgan fingerprint density at radius 1 is 1.00 bits per heavy atom. The molecule has 6 heteroatoms. The zero-order chi connectivity index (χ0) is 21.3. The lowest BCUT2D eigenvalue weighted by atomic mass is 10.0. The van der Waals surface area contributed by atoms with Crippen LogP contribution in [0, 0.1) is 5.82 Å². The number of hydrogen-bond acceptors (Lipinski definition) is 3. The van der Waals surface area contributed by atoms with E-state index in [0.29, 0.717) is 12.2 Å². The molecule has 0 fully saturated rings. The molecule has 156 valence electrons. The first-order valence-corrected chi connectivity index (χ1v) is 9.94. The Labute approximate surface area is 175 Å². The van der Waals surface area contributed by atoms with Gasteiger partial charge in [0, 0.05) is 19.4 Å². The fraction of sp³-hybridized carbons (Fsp3) is 0.250. The van der Waals surface area contributed by atoms with Crippen LogP contribution in [-0.2, 0) is 29.1 Å². The van der Waals surface area contributed by atoms with E-state index in [0.717, 1.165) is 11.1 Å². The third kappa shape index (κ3) is 5.80. The van der Waals surface area contributed by atoms with Crippen LogP contribution in [0.4, 0.5) is 4.39 Å². The Morgan fingerprint density at radius 3 is 2.37 bits per heavy atom. The minimum Gasteiger partial charge on any atom is -0.467 e. The van der Waals surface area contributed by atoms with Gasteiger partial charge in [-0.25, -0.2) is 4.39 Å². The molecule has 3 aromatic rings. The molecule has 1 N–H and O–H groups in total. The summed E-state index contributed by atoms with van der Waals surface area (Å²) < 4.78 is 18.6. The molecule has 1 atom stereocenters. The first-order chi connectivity index (χ1) is 14.6. The smallest absolute Gasteiger partial charge is 0.243 e. The summed E-state index contributed by atoms with van der Waals surface area (Å²) in [6.45, 7) is 2.22. The molecule has 3 rings (SSSR count). The Morgan fingerprint density at radius 2 is 1.73 bits per heavy atom. The molecule has 2 aromatic carbocycles. The molecule has 0 aliphatic carbocycles. The first kappa shape index (κ1) is 21.3. The number of nitrogens with zero attached hydrogens (tertiary/aromatic N) is 1. The number of nitrogens with one attached hydrogen (secondary N) is 1. The number of halogens is 1. The van der Waals surface area contributed by atoms with Gasteiger partial charge in [0.05, 0.1) is 12.8 Å². The summed E-state index contributed by atoms with van der Waals surface area (Å²) in [5, 5.41) is 2.87. The lowest BCUT2D eigenvalue weighted by Crippen LogP contribution is -2.50. The Kier molecular flexibility index (Phi) is 7.38. The van der Waals surface area contributed by atoms with Crippen molar-refractivity contribution >= 4 is 11.8 Å². The van der Waals surface area contributed by atoms with Gasteiger partial charge in [-0.2, -0.15) is 0 Å². The fourth-order valence-corrected chi connectivity index (χ4v) is 3.25. The van der Waals surface area contributed by atoms with Crippen LogP contribution in [0.25, 0.3) is 0 Å². The summed E-state index contributed by atoms with van der Waals surface area (Å²) in [6.07, 6.45) is 2.18. The standard InChI is InChI=1S/C24H25FN2O3/c1-2-23(28)27(17-19-10-12-20(25)13-11-19)22(15-18-7-4-3-5-8-18)24(29)26-16-21-9-6-14-30-21/h3-14,22H,2,15-17H2,1H3,(H,26,29)/t22-/m0/s1. The molecule has 0 saturated heterocycles. The van der Waals surface area contributed by atoms with Gasteiger partial charge in [0.15, 0.2) is 0 Å². The molecule has 30 heavy (non-hydrogen) atoms. The molecule has 2 amide bonds. The van der Waals surface area contributed by atoms with Gasteiger partial charge in [0.25, 0.3) is 0 Å². The third-order valence-corrected chi connectivity index (χ3v) is 4.86. The molecular weight excluding hydrogens is 383 g/mol. The maximum atomic E-state index is 13.3. The monoisotopic (exact) mass is 408 g/mol. The predicted octanol–water partition coefficient (Wildman–Crippen LogP) is 4.09. The number of carbonyl (C=O) groups is 2. The molecule has 5 nitrogen and oxygen atoms in total. The zero-order valence-corrected chi connectivity index (χ0v) is 16.9. The normalized spacial score (nSPS) is 11.7. The molecule has 0 unspecified atom stereocenters.